The minimum atomic E-state index is 0.160. The van der Waals surface area contributed by atoms with Gasteiger partial charge in [-0.05, 0) is 43.2 Å². The van der Waals surface area contributed by atoms with Crippen LogP contribution < -0.4 is 5.73 Å². The Kier molecular flexibility index (Phi) is 3.76. The van der Waals surface area contributed by atoms with E-state index in [9.17, 15) is 4.79 Å². The third kappa shape index (κ3) is 2.58. The SMILES string of the molecule is CC(N)C1CCCN(C(=O)c2cc3ccccc3s2)C1. The standard InChI is InChI=1S/C16H20N2OS/c1-11(17)13-6-4-8-18(10-13)16(19)15-9-12-5-2-3-7-14(12)20-15/h2-3,5,7,9,11,13H,4,6,8,10,17H2,1H3. The molecule has 2 atom stereocenters. The van der Waals surface area contributed by atoms with Crippen molar-refractivity contribution in [3.63, 3.8) is 0 Å². The molecule has 1 fully saturated rings. The van der Waals surface area contributed by atoms with E-state index in [-0.39, 0.29) is 11.9 Å². The Balaban J connectivity index is 1.81. The Hall–Kier alpha value is -1.39. The third-order valence-corrected chi connectivity index (χ3v) is 5.23. The van der Waals surface area contributed by atoms with E-state index >= 15 is 0 Å². The van der Waals surface area contributed by atoms with Gasteiger partial charge in [0.05, 0.1) is 4.88 Å². The van der Waals surface area contributed by atoms with Gasteiger partial charge in [-0.15, -0.1) is 11.3 Å². The van der Waals surface area contributed by atoms with Crippen LogP contribution in [0.15, 0.2) is 30.3 Å². The summed E-state index contributed by atoms with van der Waals surface area (Å²) in [6.45, 7) is 3.69. The average molecular weight is 288 g/mol. The van der Waals surface area contributed by atoms with Gasteiger partial charge in [0.1, 0.15) is 0 Å². The van der Waals surface area contributed by atoms with Crippen LogP contribution in [-0.2, 0) is 0 Å². The Bertz CT molecular complexity index is 587. The number of amides is 1. The largest absolute Gasteiger partial charge is 0.338 e. The number of carbonyl (C=O) groups is 1. The summed E-state index contributed by atoms with van der Waals surface area (Å²) in [6.07, 6.45) is 2.19. The minimum absolute atomic E-state index is 0.160. The molecule has 1 aromatic heterocycles. The fraction of sp³-hybridized carbons (Fsp3) is 0.438. The Morgan fingerprint density at radius 2 is 2.25 bits per heavy atom. The number of piperidine rings is 1. The minimum Gasteiger partial charge on any atom is -0.338 e. The topological polar surface area (TPSA) is 46.3 Å². The van der Waals surface area contributed by atoms with Crippen LogP contribution in [0.5, 0.6) is 0 Å². The fourth-order valence-electron chi connectivity index (χ4n) is 2.87. The zero-order valence-electron chi connectivity index (χ0n) is 11.7. The van der Waals surface area contributed by atoms with Gasteiger partial charge in [-0.2, -0.15) is 0 Å². The molecule has 1 saturated heterocycles. The van der Waals surface area contributed by atoms with Crippen LogP contribution in [0.1, 0.15) is 29.4 Å². The molecule has 0 spiro atoms. The van der Waals surface area contributed by atoms with Crippen LogP contribution >= 0.6 is 11.3 Å². The highest BCUT2D eigenvalue weighted by Gasteiger charge is 2.27. The Morgan fingerprint density at radius 1 is 1.45 bits per heavy atom. The van der Waals surface area contributed by atoms with Gasteiger partial charge in [0.15, 0.2) is 0 Å². The van der Waals surface area contributed by atoms with Crippen LogP contribution in [0, 0.1) is 5.92 Å². The van der Waals surface area contributed by atoms with E-state index < -0.39 is 0 Å². The molecule has 2 aromatic rings. The molecule has 1 aliphatic rings. The molecule has 1 aromatic carbocycles. The summed E-state index contributed by atoms with van der Waals surface area (Å²) in [5.41, 5.74) is 5.99. The lowest BCUT2D eigenvalue weighted by Gasteiger charge is -2.34. The highest BCUT2D eigenvalue weighted by Crippen LogP contribution is 2.28. The number of hydrogen-bond acceptors (Lipinski definition) is 3. The highest BCUT2D eigenvalue weighted by atomic mass is 32.1. The van der Waals surface area contributed by atoms with Crippen molar-refractivity contribution in [2.24, 2.45) is 11.7 Å². The maximum Gasteiger partial charge on any atom is 0.263 e. The van der Waals surface area contributed by atoms with Gasteiger partial charge in [-0.1, -0.05) is 18.2 Å². The first kappa shape index (κ1) is 13.6. The first-order valence-corrected chi connectivity index (χ1v) is 8.00. The number of rotatable bonds is 2. The number of likely N-dealkylation sites (tertiary alicyclic amines) is 1. The van der Waals surface area contributed by atoms with E-state index in [2.05, 4.69) is 12.1 Å². The number of hydrogen-bond donors (Lipinski definition) is 1. The Morgan fingerprint density at radius 3 is 3.00 bits per heavy atom. The first-order chi connectivity index (χ1) is 9.65. The van der Waals surface area contributed by atoms with Crippen molar-refractivity contribution in [2.75, 3.05) is 13.1 Å². The average Bonchev–Trinajstić information content (AvgIpc) is 2.90. The van der Waals surface area contributed by atoms with Gasteiger partial charge in [0.2, 0.25) is 0 Å². The number of fused-ring (bicyclic) bond motifs is 1. The third-order valence-electron chi connectivity index (χ3n) is 4.12. The molecule has 2 heterocycles. The van der Waals surface area contributed by atoms with Crippen molar-refractivity contribution >= 4 is 27.3 Å². The molecule has 20 heavy (non-hydrogen) atoms. The summed E-state index contributed by atoms with van der Waals surface area (Å²) < 4.78 is 1.18. The molecule has 1 aliphatic heterocycles. The summed E-state index contributed by atoms with van der Waals surface area (Å²) in [4.78, 5) is 15.5. The molecular formula is C16H20N2OS. The zero-order chi connectivity index (χ0) is 14.1. The van der Waals surface area contributed by atoms with Gasteiger partial charge in [-0.3, -0.25) is 4.79 Å². The van der Waals surface area contributed by atoms with Gasteiger partial charge >= 0.3 is 0 Å². The van der Waals surface area contributed by atoms with E-state index in [1.807, 2.05) is 30.0 Å². The molecule has 3 rings (SSSR count). The quantitative estimate of drug-likeness (QED) is 0.923. The maximum absolute atomic E-state index is 12.6. The Labute approximate surface area is 123 Å². The number of carbonyl (C=O) groups excluding carboxylic acids is 1. The molecule has 4 heteroatoms. The van der Waals surface area contributed by atoms with E-state index in [0.717, 1.165) is 36.2 Å². The molecule has 0 bridgehead atoms. The second-order valence-electron chi connectivity index (χ2n) is 5.66. The number of nitrogens with zero attached hydrogens (tertiary/aromatic N) is 1. The molecule has 1 amide bonds. The van der Waals surface area contributed by atoms with Gasteiger partial charge < -0.3 is 10.6 Å². The van der Waals surface area contributed by atoms with Crippen LogP contribution in [0.4, 0.5) is 0 Å². The summed E-state index contributed by atoms with van der Waals surface area (Å²) in [5, 5.41) is 1.15. The van der Waals surface area contributed by atoms with Crippen LogP contribution in [0.3, 0.4) is 0 Å². The summed E-state index contributed by atoms with van der Waals surface area (Å²) in [6, 6.07) is 10.3. The maximum atomic E-state index is 12.6. The predicted molar refractivity (Wildman–Crippen MR) is 84.1 cm³/mol. The normalized spacial score (nSPS) is 21.1. The monoisotopic (exact) mass is 288 g/mol. The summed E-state index contributed by atoms with van der Waals surface area (Å²) in [7, 11) is 0. The number of benzene rings is 1. The summed E-state index contributed by atoms with van der Waals surface area (Å²) in [5.74, 6) is 0.596. The zero-order valence-corrected chi connectivity index (χ0v) is 12.5. The lowest BCUT2D eigenvalue weighted by atomic mass is 9.92. The lowest BCUT2D eigenvalue weighted by Crippen LogP contribution is -2.44. The van der Waals surface area contributed by atoms with Gasteiger partial charge in [0, 0.05) is 23.8 Å². The van der Waals surface area contributed by atoms with Crippen molar-refractivity contribution < 1.29 is 4.79 Å². The van der Waals surface area contributed by atoms with Crippen molar-refractivity contribution in [2.45, 2.75) is 25.8 Å². The van der Waals surface area contributed by atoms with E-state index in [1.165, 1.54) is 4.70 Å². The van der Waals surface area contributed by atoms with Crippen molar-refractivity contribution in [3.8, 4) is 0 Å². The second-order valence-corrected chi connectivity index (χ2v) is 6.74. The van der Waals surface area contributed by atoms with Crippen molar-refractivity contribution in [1.82, 2.24) is 4.90 Å². The van der Waals surface area contributed by atoms with Gasteiger partial charge in [-0.25, -0.2) is 0 Å². The van der Waals surface area contributed by atoms with E-state index in [0.29, 0.717) is 5.92 Å². The smallest absolute Gasteiger partial charge is 0.263 e. The number of nitrogens with two attached hydrogens (primary N) is 1. The molecular weight excluding hydrogens is 268 g/mol. The lowest BCUT2D eigenvalue weighted by molar-refractivity contribution is 0.0666. The van der Waals surface area contributed by atoms with Crippen LogP contribution in [0.2, 0.25) is 0 Å². The van der Waals surface area contributed by atoms with Gasteiger partial charge in [0.25, 0.3) is 5.91 Å². The molecule has 0 radical (unpaired) electrons. The molecule has 0 aliphatic carbocycles. The van der Waals surface area contributed by atoms with E-state index in [1.54, 1.807) is 11.3 Å². The molecule has 2 unspecified atom stereocenters. The molecule has 3 nitrogen and oxygen atoms in total. The van der Waals surface area contributed by atoms with Crippen LogP contribution in [-0.4, -0.2) is 29.9 Å². The van der Waals surface area contributed by atoms with Crippen molar-refractivity contribution in [3.05, 3.63) is 35.2 Å². The molecule has 2 N–H and O–H groups in total. The first-order valence-electron chi connectivity index (χ1n) is 7.18. The number of thiophene rings is 1. The highest BCUT2D eigenvalue weighted by molar-refractivity contribution is 7.20. The summed E-state index contributed by atoms with van der Waals surface area (Å²) >= 11 is 1.59. The van der Waals surface area contributed by atoms with Crippen LogP contribution in [0.25, 0.3) is 10.1 Å². The predicted octanol–water partition coefficient (Wildman–Crippen LogP) is 3.10. The fourth-order valence-corrected chi connectivity index (χ4v) is 3.90. The molecule has 106 valence electrons. The second kappa shape index (κ2) is 5.54. The van der Waals surface area contributed by atoms with E-state index in [4.69, 9.17) is 5.73 Å². The molecule has 0 saturated carbocycles. The van der Waals surface area contributed by atoms with Crippen molar-refractivity contribution in [1.29, 1.82) is 0 Å².